The lowest BCUT2D eigenvalue weighted by molar-refractivity contribution is 0.518. The van der Waals surface area contributed by atoms with Crippen molar-refractivity contribution < 1.29 is 0 Å². The van der Waals surface area contributed by atoms with E-state index in [1.165, 1.54) is 12.0 Å². The van der Waals surface area contributed by atoms with Gasteiger partial charge in [-0.3, -0.25) is 10.9 Å². The van der Waals surface area contributed by atoms with E-state index in [4.69, 9.17) is 0 Å². The van der Waals surface area contributed by atoms with Crippen LogP contribution in [0.3, 0.4) is 0 Å². The third-order valence-electron chi connectivity index (χ3n) is 2.81. The normalized spacial score (nSPS) is 17.1. The summed E-state index contributed by atoms with van der Waals surface area (Å²) in [4.78, 5) is 0. The molecule has 1 aromatic rings. The maximum Gasteiger partial charge on any atom is 0.0205 e. The van der Waals surface area contributed by atoms with Crippen LogP contribution in [0.2, 0.25) is 0 Å². The van der Waals surface area contributed by atoms with E-state index in [0.29, 0.717) is 0 Å². The summed E-state index contributed by atoms with van der Waals surface area (Å²) in [5.41, 5.74) is 7.67. The summed E-state index contributed by atoms with van der Waals surface area (Å²) in [6, 6.07) is 10.5. The van der Waals surface area contributed by atoms with Gasteiger partial charge in [-0.1, -0.05) is 30.3 Å². The lowest BCUT2D eigenvalue weighted by Gasteiger charge is -2.08. The number of benzene rings is 1. The zero-order chi connectivity index (χ0) is 10.3. The second-order valence-electron chi connectivity index (χ2n) is 4.08. The van der Waals surface area contributed by atoms with E-state index in [9.17, 15) is 0 Å². The highest BCUT2D eigenvalue weighted by Crippen LogP contribution is 2.03. The summed E-state index contributed by atoms with van der Waals surface area (Å²) in [5, 5.41) is 3.47. The van der Waals surface area contributed by atoms with Crippen LogP contribution in [0, 0.1) is 5.92 Å². The maximum atomic E-state index is 3.47. The molecule has 0 atom stereocenters. The van der Waals surface area contributed by atoms with Gasteiger partial charge in [-0.25, -0.2) is 0 Å². The van der Waals surface area contributed by atoms with E-state index >= 15 is 0 Å². The lowest BCUT2D eigenvalue weighted by Crippen LogP contribution is -2.21. The van der Waals surface area contributed by atoms with Crippen LogP contribution in [-0.4, -0.2) is 19.6 Å². The van der Waals surface area contributed by atoms with Crippen molar-refractivity contribution in [2.45, 2.75) is 13.0 Å². The van der Waals surface area contributed by atoms with Gasteiger partial charge in [0.2, 0.25) is 0 Å². The van der Waals surface area contributed by atoms with E-state index in [2.05, 4.69) is 46.5 Å². The Morgan fingerprint density at radius 1 is 1.13 bits per heavy atom. The Kier molecular flexibility index (Phi) is 4.14. The molecular formula is C12H19N3. The Hall–Kier alpha value is -0.900. The molecule has 1 aliphatic rings. The lowest BCUT2D eigenvalue weighted by atomic mass is 10.1. The van der Waals surface area contributed by atoms with E-state index < -0.39 is 0 Å². The summed E-state index contributed by atoms with van der Waals surface area (Å²) in [6.45, 7) is 4.29. The molecule has 0 spiro atoms. The van der Waals surface area contributed by atoms with Crippen molar-refractivity contribution in [2.24, 2.45) is 5.92 Å². The molecule has 1 fully saturated rings. The topological polar surface area (TPSA) is 36.1 Å². The summed E-state index contributed by atoms with van der Waals surface area (Å²) >= 11 is 0. The van der Waals surface area contributed by atoms with E-state index in [0.717, 1.165) is 32.1 Å². The fourth-order valence-electron chi connectivity index (χ4n) is 1.84. The second-order valence-corrected chi connectivity index (χ2v) is 4.08. The summed E-state index contributed by atoms with van der Waals surface area (Å²) in [6.07, 6.45) is 1.24. The molecule has 0 unspecified atom stereocenters. The van der Waals surface area contributed by atoms with Crippen LogP contribution in [0.15, 0.2) is 30.3 Å². The molecule has 1 heterocycles. The highest BCUT2D eigenvalue weighted by atomic mass is 15.4. The molecule has 0 aromatic heterocycles. The first-order valence-electron chi connectivity index (χ1n) is 5.65. The largest absolute Gasteiger partial charge is 0.313 e. The van der Waals surface area contributed by atoms with Crippen molar-refractivity contribution in [3.8, 4) is 0 Å². The molecule has 15 heavy (non-hydrogen) atoms. The van der Waals surface area contributed by atoms with Crippen LogP contribution in [0.4, 0.5) is 0 Å². The Bertz CT molecular complexity index is 267. The van der Waals surface area contributed by atoms with Gasteiger partial charge in [0.05, 0.1) is 0 Å². The molecule has 0 aliphatic carbocycles. The standard InChI is InChI=1S/C12H19N3/c1-2-4-11(5-3-1)8-13-7-6-12-9-14-15-10-12/h1-5,12-15H,6-10H2. The van der Waals surface area contributed by atoms with Gasteiger partial charge in [0.15, 0.2) is 0 Å². The number of hydrogen-bond acceptors (Lipinski definition) is 3. The molecule has 1 aromatic carbocycles. The molecule has 3 heteroatoms. The minimum Gasteiger partial charge on any atom is -0.313 e. The Balaban J connectivity index is 1.59. The van der Waals surface area contributed by atoms with Gasteiger partial charge in [-0.15, -0.1) is 0 Å². The first-order valence-corrected chi connectivity index (χ1v) is 5.65. The van der Waals surface area contributed by atoms with Gasteiger partial charge in [0.25, 0.3) is 0 Å². The first kappa shape index (κ1) is 10.6. The van der Waals surface area contributed by atoms with Crippen molar-refractivity contribution in [1.82, 2.24) is 16.2 Å². The smallest absolute Gasteiger partial charge is 0.0205 e. The van der Waals surface area contributed by atoms with Gasteiger partial charge in [0.1, 0.15) is 0 Å². The van der Waals surface area contributed by atoms with Crippen LogP contribution in [0.25, 0.3) is 0 Å². The van der Waals surface area contributed by atoms with E-state index in [-0.39, 0.29) is 0 Å². The first-order chi connectivity index (χ1) is 7.45. The predicted octanol–water partition coefficient (Wildman–Crippen LogP) is 0.890. The van der Waals surface area contributed by atoms with Crippen LogP contribution >= 0.6 is 0 Å². The molecular weight excluding hydrogens is 186 g/mol. The average molecular weight is 205 g/mol. The molecule has 0 amide bonds. The summed E-state index contributed by atoms with van der Waals surface area (Å²) in [7, 11) is 0. The van der Waals surface area contributed by atoms with Crippen molar-refractivity contribution in [3.05, 3.63) is 35.9 Å². The van der Waals surface area contributed by atoms with Crippen molar-refractivity contribution in [3.63, 3.8) is 0 Å². The number of nitrogens with one attached hydrogen (secondary N) is 3. The summed E-state index contributed by atoms with van der Waals surface area (Å²) in [5.74, 6) is 0.785. The van der Waals surface area contributed by atoms with E-state index in [1.54, 1.807) is 0 Å². The molecule has 3 N–H and O–H groups in total. The maximum absolute atomic E-state index is 3.47. The van der Waals surface area contributed by atoms with Crippen molar-refractivity contribution in [2.75, 3.05) is 19.6 Å². The van der Waals surface area contributed by atoms with Crippen molar-refractivity contribution in [1.29, 1.82) is 0 Å². The van der Waals surface area contributed by atoms with Gasteiger partial charge >= 0.3 is 0 Å². The van der Waals surface area contributed by atoms with Crippen LogP contribution in [0.5, 0.6) is 0 Å². The monoisotopic (exact) mass is 205 g/mol. The van der Waals surface area contributed by atoms with Gasteiger partial charge in [0, 0.05) is 19.6 Å². The Labute approximate surface area is 91.2 Å². The SMILES string of the molecule is c1ccc(CNCCC2CNNC2)cc1. The molecule has 0 saturated carbocycles. The molecule has 3 nitrogen and oxygen atoms in total. The fraction of sp³-hybridized carbons (Fsp3) is 0.500. The molecule has 2 rings (SSSR count). The Morgan fingerprint density at radius 2 is 1.87 bits per heavy atom. The van der Waals surface area contributed by atoms with Gasteiger partial charge in [-0.05, 0) is 24.4 Å². The second kappa shape index (κ2) is 5.85. The van der Waals surface area contributed by atoms with Gasteiger partial charge < -0.3 is 5.32 Å². The number of hydrogen-bond donors (Lipinski definition) is 3. The van der Waals surface area contributed by atoms with Crippen LogP contribution < -0.4 is 16.2 Å². The third kappa shape index (κ3) is 3.63. The van der Waals surface area contributed by atoms with Crippen LogP contribution in [0.1, 0.15) is 12.0 Å². The van der Waals surface area contributed by atoms with Crippen LogP contribution in [-0.2, 0) is 6.54 Å². The summed E-state index contributed by atoms with van der Waals surface area (Å²) < 4.78 is 0. The highest BCUT2D eigenvalue weighted by Gasteiger charge is 2.12. The fourth-order valence-corrected chi connectivity index (χ4v) is 1.84. The molecule has 82 valence electrons. The minimum absolute atomic E-state index is 0.785. The zero-order valence-electron chi connectivity index (χ0n) is 9.00. The third-order valence-corrected chi connectivity index (χ3v) is 2.81. The predicted molar refractivity (Wildman–Crippen MR) is 62.3 cm³/mol. The molecule has 0 radical (unpaired) electrons. The van der Waals surface area contributed by atoms with Gasteiger partial charge in [-0.2, -0.15) is 0 Å². The molecule has 1 aliphatic heterocycles. The average Bonchev–Trinajstić information content (AvgIpc) is 2.79. The number of rotatable bonds is 5. The highest BCUT2D eigenvalue weighted by molar-refractivity contribution is 5.14. The minimum atomic E-state index is 0.785. The molecule has 1 saturated heterocycles. The van der Waals surface area contributed by atoms with E-state index in [1.807, 2.05) is 0 Å². The van der Waals surface area contributed by atoms with Crippen molar-refractivity contribution >= 4 is 0 Å². The zero-order valence-corrected chi connectivity index (χ0v) is 9.00. The number of hydrazine groups is 1. The molecule has 0 bridgehead atoms. The Morgan fingerprint density at radius 3 is 2.60 bits per heavy atom. The quantitative estimate of drug-likeness (QED) is 0.625.